The molecule has 0 spiro atoms. The smallest absolute Gasteiger partial charge is 0.349 e. The van der Waals surface area contributed by atoms with Gasteiger partial charge >= 0.3 is 5.97 Å². The van der Waals surface area contributed by atoms with Crippen LogP contribution in [0, 0.1) is 11.3 Å². The Kier molecular flexibility index (Phi) is 4.99. The third-order valence-corrected chi connectivity index (χ3v) is 2.56. The van der Waals surface area contributed by atoms with Crippen LogP contribution in [0.25, 0.3) is 6.08 Å². The molecule has 0 bridgehead atoms. The first-order valence-electron chi connectivity index (χ1n) is 5.53. The maximum absolute atomic E-state index is 11.8. The number of hydrogen-bond donors (Lipinski definition) is 0. The van der Waals surface area contributed by atoms with Gasteiger partial charge in [-0.25, -0.2) is 4.79 Å². The fourth-order valence-electron chi connectivity index (χ4n) is 1.24. The molecule has 0 saturated heterocycles. The number of halogens is 2. The third kappa shape index (κ3) is 4.94. The summed E-state index contributed by atoms with van der Waals surface area (Å²) in [6.45, 7) is 5.19. The highest BCUT2D eigenvalue weighted by atomic mass is 35.5. The number of nitrogens with zero attached hydrogens (tertiary/aromatic N) is 1. The number of benzene rings is 1. The van der Waals surface area contributed by atoms with Gasteiger partial charge in [-0.3, -0.25) is 0 Å². The maximum Gasteiger partial charge on any atom is 0.349 e. The van der Waals surface area contributed by atoms with Crippen LogP contribution in [-0.2, 0) is 9.53 Å². The highest BCUT2D eigenvalue weighted by Crippen LogP contribution is 2.23. The first-order chi connectivity index (χ1) is 8.73. The molecule has 0 atom stereocenters. The third-order valence-electron chi connectivity index (χ3n) is 2.00. The SMILES string of the molecule is CC(C)(C)OC(=O)C(C#N)=Cc1ccc(Cl)cc1Cl. The van der Waals surface area contributed by atoms with Crippen LogP contribution in [-0.4, -0.2) is 11.6 Å². The lowest BCUT2D eigenvalue weighted by molar-refractivity contribution is -0.149. The molecule has 0 amide bonds. The van der Waals surface area contributed by atoms with E-state index in [2.05, 4.69) is 0 Å². The van der Waals surface area contributed by atoms with Crippen LogP contribution in [0.3, 0.4) is 0 Å². The molecule has 0 aliphatic heterocycles. The van der Waals surface area contributed by atoms with E-state index in [-0.39, 0.29) is 5.57 Å². The van der Waals surface area contributed by atoms with E-state index in [0.29, 0.717) is 15.6 Å². The molecule has 0 aliphatic carbocycles. The van der Waals surface area contributed by atoms with Crippen LogP contribution in [0.5, 0.6) is 0 Å². The van der Waals surface area contributed by atoms with E-state index in [4.69, 9.17) is 33.2 Å². The topological polar surface area (TPSA) is 50.1 Å². The Morgan fingerprint density at radius 2 is 2.00 bits per heavy atom. The molecule has 1 aromatic carbocycles. The van der Waals surface area contributed by atoms with Gasteiger partial charge in [-0.05, 0) is 44.5 Å². The summed E-state index contributed by atoms with van der Waals surface area (Å²) in [5.41, 5.74) is -0.232. The number of carbonyl (C=O) groups excluding carboxylic acids is 1. The van der Waals surface area contributed by atoms with Crippen molar-refractivity contribution in [2.45, 2.75) is 26.4 Å². The number of nitriles is 1. The predicted molar refractivity (Wildman–Crippen MR) is 75.9 cm³/mol. The second kappa shape index (κ2) is 6.10. The van der Waals surface area contributed by atoms with Gasteiger partial charge in [0.05, 0.1) is 0 Å². The number of esters is 1. The van der Waals surface area contributed by atoms with Crippen molar-refractivity contribution in [2.24, 2.45) is 0 Å². The van der Waals surface area contributed by atoms with Gasteiger partial charge in [0, 0.05) is 10.0 Å². The van der Waals surface area contributed by atoms with Gasteiger partial charge in [0.1, 0.15) is 17.2 Å². The van der Waals surface area contributed by atoms with Crippen molar-refractivity contribution in [1.82, 2.24) is 0 Å². The van der Waals surface area contributed by atoms with Crippen LogP contribution in [0.1, 0.15) is 26.3 Å². The van der Waals surface area contributed by atoms with Gasteiger partial charge in [-0.1, -0.05) is 29.3 Å². The number of rotatable bonds is 2. The predicted octanol–water partition coefficient (Wildman–Crippen LogP) is 4.24. The average molecular weight is 298 g/mol. The molecule has 0 heterocycles. The Labute approximate surface area is 122 Å². The molecule has 0 fully saturated rings. The van der Waals surface area contributed by atoms with Crippen LogP contribution >= 0.6 is 23.2 Å². The fourth-order valence-corrected chi connectivity index (χ4v) is 1.71. The molecule has 0 aliphatic rings. The Hall–Kier alpha value is -1.50. The van der Waals surface area contributed by atoms with Crippen LogP contribution in [0.2, 0.25) is 10.0 Å². The minimum absolute atomic E-state index is 0.112. The second-order valence-corrected chi connectivity index (χ2v) is 5.68. The van der Waals surface area contributed by atoms with E-state index in [0.717, 1.165) is 0 Å². The minimum atomic E-state index is -0.680. The summed E-state index contributed by atoms with van der Waals surface area (Å²) in [4.78, 5) is 11.8. The lowest BCUT2D eigenvalue weighted by Crippen LogP contribution is -2.24. The van der Waals surface area contributed by atoms with E-state index in [1.54, 1.807) is 39.0 Å². The van der Waals surface area contributed by atoms with Crippen LogP contribution in [0.4, 0.5) is 0 Å². The molecular weight excluding hydrogens is 285 g/mol. The number of hydrogen-bond acceptors (Lipinski definition) is 3. The van der Waals surface area contributed by atoms with Crippen molar-refractivity contribution < 1.29 is 9.53 Å². The quantitative estimate of drug-likeness (QED) is 0.466. The van der Waals surface area contributed by atoms with Gasteiger partial charge in [0.15, 0.2) is 0 Å². The van der Waals surface area contributed by atoms with Crippen molar-refractivity contribution in [1.29, 1.82) is 5.26 Å². The summed E-state index contributed by atoms with van der Waals surface area (Å²) in [7, 11) is 0. The molecular formula is C14H13Cl2NO2. The highest BCUT2D eigenvalue weighted by Gasteiger charge is 2.20. The van der Waals surface area contributed by atoms with Gasteiger partial charge in [-0.2, -0.15) is 5.26 Å². The summed E-state index contributed by atoms with van der Waals surface area (Å²) < 4.78 is 5.13. The zero-order chi connectivity index (χ0) is 14.6. The van der Waals surface area contributed by atoms with Gasteiger partial charge in [0.2, 0.25) is 0 Å². The minimum Gasteiger partial charge on any atom is -0.456 e. The van der Waals surface area contributed by atoms with Crippen molar-refractivity contribution in [3.63, 3.8) is 0 Å². The summed E-state index contributed by atoms with van der Waals surface area (Å²) in [6, 6.07) is 6.61. The standard InChI is InChI=1S/C14H13Cl2NO2/c1-14(2,3)19-13(18)10(8-17)6-9-4-5-11(15)7-12(9)16/h4-7H,1-3H3. The van der Waals surface area contributed by atoms with Gasteiger partial charge < -0.3 is 4.74 Å². The van der Waals surface area contributed by atoms with E-state index < -0.39 is 11.6 Å². The summed E-state index contributed by atoms with van der Waals surface area (Å²) in [5, 5.41) is 9.86. The van der Waals surface area contributed by atoms with Crippen molar-refractivity contribution >= 4 is 35.2 Å². The molecule has 3 nitrogen and oxygen atoms in total. The Morgan fingerprint density at radius 1 is 1.37 bits per heavy atom. The fraction of sp³-hybridized carbons (Fsp3) is 0.286. The monoisotopic (exact) mass is 297 g/mol. The van der Waals surface area contributed by atoms with E-state index in [9.17, 15) is 4.79 Å². The lowest BCUT2D eigenvalue weighted by atomic mass is 10.1. The van der Waals surface area contributed by atoms with Crippen molar-refractivity contribution in [3.05, 3.63) is 39.4 Å². The van der Waals surface area contributed by atoms with Crippen molar-refractivity contribution in [2.75, 3.05) is 0 Å². The number of carbonyl (C=O) groups is 1. The average Bonchev–Trinajstić information content (AvgIpc) is 2.25. The summed E-state index contributed by atoms with van der Waals surface area (Å²) in [5.74, 6) is -0.680. The van der Waals surface area contributed by atoms with Crippen molar-refractivity contribution in [3.8, 4) is 6.07 Å². The van der Waals surface area contributed by atoms with Crippen LogP contribution < -0.4 is 0 Å². The molecule has 0 N–H and O–H groups in total. The zero-order valence-corrected chi connectivity index (χ0v) is 12.3. The highest BCUT2D eigenvalue weighted by molar-refractivity contribution is 6.35. The van der Waals surface area contributed by atoms with E-state index in [1.807, 2.05) is 6.07 Å². The Balaban J connectivity index is 3.07. The Bertz CT molecular complexity index is 566. The lowest BCUT2D eigenvalue weighted by Gasteiger charge is -2.18. The summed E-state index contributed by atoms with van der Waals surface area (Å²) >= 11 is 11.8. The van der Waals surface area contributed by atoms with E-state index >= 15 is 0 Å². The molecule has 1 rings (SSSR count). The summed E-state index contributed by atoms with van der Waals surface area (Å²) in [6.07, 6.45) is 1.38. The maximum atomic E-state index is 11.8. The molecule has 0 unspecified atom stereocenters. The normalized spacial score (nSPS) is 11.9. The Morgan fingerprint density at radius 3 is 2.47 bits per heavy atom. The largest absolute Gasteiger partial charge is 0.456 e. The van der Waals surface area contributed by atoms with Crippen LogP contribution in [0.15, 0.2) is 23.8 Å². The molecule has 0 saturated carbocycles. The van der Waals surface area contributed by atoms with Gasteiger partial charge in [0.25, 0.3) is 0 Å². The zero-order valence-electron chi connectivity index (χ0n) is 10.8. The first-order valence-corrected chi connectivity index (χ1v) is 6.29. The molecule has 0 aromatic heterocycles. The molecule has 0 radical (unpaired) electrons. The molecule has 1 aromatic rings. The second-order valence-electron chi connectivity index (χ2n) is 4.84. The van der Waals surface area contributed by atoms with Gasteiger partial charge in [-0.15, -0.1) is 0 Å². The van der Waals surface area contributed by atoms with E-state index in [1.165, 1.54) is 6.08 Å². The molecule has 5 heteroatoms. The first kappa shape index (κ1) is 15.6. The number of ether oxygens (including phenoxy) is 1. The molecule has 19 heavy (non-hydrogen) atoms. The molecule has 100 valence electrons.